The minimum absolute atomic E-state index is 0.0115. The van der Waals surface area contributed by atoms with Crippen molar-refractivity contribution < 1.29 is 32.3 Å². The van der Waals surface area contributed by atoms with E-state index in [0.717, 1.165) is 136 Å². The van der Waals surface area contributed by atoms with E-state index in [4.69, 9.17) is 21.6 Å². The second kappa shape index (κ2) is 27.8. The molecule has 2 amide bonds. The van der Waals surface area contributed by atoms with Gasteiger partial charge in [-0.15, -0.1) is 0 Å². The molecule has 0 radical (unpaired) electrons. The van der Waals surface area contributed by atoms with Gasteiger partial charge in [0.15, 0.2) is 0 Å². The summed E-state index contributed by atoms with van der Waals surface area (Å²) in [6, 6.07) is 35.6. The number of aliphatic hydroxyl groups is 1. The molecule has 6 heterocycles. The van der Waals surface area contributed by atoms with Crippen molar-refractivity contribution >= 4 is 89.2 Å². The molecule has 0 aliphatic heterocycles. The molecule has 7 aliphatic rings. The zero-order chi connectivity index (χ0) is 70.3. The number of fused-ring (bicyclic) bond motifs is 10. The van der Waals surface area contributed by atoms with E-state index in [9.17, 15) is 32.3 Å². The normalized spacial score (nSPS) is 25.5. The molecule has 4 bridgehead atoms. The molecule has 7 aliphatic carbocycles. The zero-order valence-corrected chi connectivity index (χ0v) is 58.6. The van der Waals surface area contributed by atoms with Crippen molar-refractivity contribution in [2.75, 3.05) is 0 Å². The van der Waals surface area contributed by atoms with Crippen molar-refractivity contribution in [2.24, 2.45) is 47.3 Å². The molecule has 0 saturated heterocycles. The summed E-state index contributed by atoms with van der Waals surface area (Å²) in [6.45, 7) is 4.71. The number of pyridine rings is 3. The predicted molar refractivity (Wildman–Crippen MR) is 394 cm³/mol. The molecular weight excluding hydrogens is 1320 g/mol. The fourth-order valence-electron chi connectivity index (χ4n) is 19.5. The lowest BCUT2D eigenvalue weighted by Crippen LogP contribution is -2.46. The minimum Gasteiger partial charge on any atom is -0.393 e. The van der Waals surface area contributed by atoms with Crippen LogP contribution in [0.4, 0.5) is 17.6 Å². The molecule has 14 nitrogen and oxygen atoms in total. The van der Waals surface area contributed by atoms with Gasteiger partial charge >= 0.3 is 0 Å². The lowest BCUT2D eigenvalue weighted by Gasteiger charge is -2.32. The van der Waals surface area contributed by atoms with E-state index in [-0.39, 0.29) is 52.4 Å². The average Bonchev–Trinajstić information content (AvgIpc) is 1.64. The highest BCUT2D eigenvalue weighted by molar-refractivity contribution is 6.31. The van der Waals surface area contributed by atoms with Crippen molar-refractivity contribution in [2.45, 2.75) is 165 Å². The maximum Gasteiger partial charge on any atom is 0.251 e. The topological polar surface area (TPSA) is 203 Å². The Hall–Kier alpha value is -9.13. The highest BCUT2D eigenvalue weighted by Gasteiger charge is 2.50. The maximum absolute atomic E-state index is 14.0. The number of amides is 2. The van der Waals surface area contributed by atoms with Crippen molar-refractivity contribution in [3.8, 4) is 0 Å². The Morgan fingerprint density at radius 3 is 1.43 bits per heavy atom. The fourth-order valence-corrected chi connectivity index (χ4v) is 19.6. The maximum atomic E-state index is 14.0. The molecule has 19 heteroatoms. The van der Waals surface area contributed by atoms with Gasteiger partial charge in [0.1, 0.15) is 40.7 Å². The van der Waals surface area contributed by atoms with Gasteiger partial charge in [0.05, 0.1) is 60.8 Å². The van der Waals surface area contributed by atoms with Crippen LogP contribution in [0.25, 0.3) is 65.8 Å². The minimum atomic E-state index is -0.448. The summed E-state index contributed by atoms with van der Waals surface area (Å²) in [7, 11) is 0. The summed E-state index contributed by atoms with van der Waals surface area (Å²) < 4.78 is 55.6. The highest BCUT2D eigenvalue weighted by Crippen LogP contribution is 2.60. The predicted octanol–water partition coefficient (Wildman–Crippen LogP) is 18.5. The molecule has 6 N–H and O–H groups in total. The molecule has 6 aromatic carbocycles. The molecular formula is C84H84ClF4N11O3. The summed E-state index contributed by atoms with van der Waals surface area (Å²) in [5.74, 6) is 8.26. The fraction of sp³-hybridized carbons (Fsp3) is 0.405. The smallest absolute Gasteiger partial charge is 0.251 e. The van der Waals surface area contributed by atoms with Crippen LogP contribution < -0.4 is 10.6 Å². The van der Waals surface area contributed by atoms with Gasteiger partial charge < -0.3 is 30.7 Å². The standard InChI is InChI=1S/C31H33FN4O2.C31H33FN4O.C22H18ClF2N3/c1-16(8-30-35-28-4-2-17(12-29(28)36-30)31(38)34-21-14-22(37)15-21)24-10-19-9-18(24)11-25(19)23-6-7-33-27-5-3-20(32)13-26(23)27;1-17(11-30-35-28-7-5-18(15-29(28)36-30)31(37)34-22-3-2-4-22)24-13-20-12-19(24)14-25(20)23-9-10-33-27-8-6-21(32)16-26(23)27;23-17-10-20-21(11-18(17)25)28-22(27-20)13-3-1-2-12(8-13)15-6-7-26-19-5-4-14(24)9-16(15)19/h2-7,12-13,16,18-19,21-22,24-25,37H,8-11,14-15H2,1H3,(H,34,38)(H,35,36);5-10,15-17,19-20,22,24-25H,2-4,11-14H2,1H3,(H,34,37)(H,35,36);4-7,9-13H,1-3,8H2,(H,27,28)/t16-,18?,19?,21?,22?,24?,25?;17-,19?,20?,24?,25?;/m11./s1. The van der Waals surface area contributed by atoms with E-state index in [0.29, 0.717) is 106 Å². The first-order valence-corrected chi connectivity index (χ1v) is 37.6. The number of nitrogens with zero attached hydrogens (tertiary/aromatic N) is 6. The number of halogens is 5. The van der Waals surface area contributed by atoms with E-state index in [2.05, 4.69) is 71.5 Å². The number of aromatic nitrogens is 9. The molecule has 10 unspecified atom stereocenters. The van der Waals surface area contributed by atoms with Gasteiger partial charge in [0, 0.05) is 82.8 Å². The van der Waals surface area contributed by atoms with Gasteiger partial charge in [0.25, 0.3) is 11.8 Å². The molecule has 7 saturated carbocycles. The number of benzene rings is 6. The van der Waals surface area contributed by atoms with Crippen molar-refractivity contribution in [1.82, 2.24) is 55.5 Å². The van der Waals surface area contributed by atoms with Crippen LogP contribution in [0, 0.1) is 70.6 Å². The average molecular weight is 1410 g/mol. The number of hydrogen-bond donors (Lipinski definition) is 6. The number of carbonyl (C=O) groups is 2. The van der Waals surface area contributed by atoms with E-state index < -0.39 is 5.82 Å². The quantitative estimate of drug-likeness (QED) is 0.0573. The third kappa shape index (κ3) is 13.6. The lowest BCUT2D eigenvalue weighted by molar-refractivity contribution is 0.0562. The Kier molecular flexibility index (Phi) is 18.1. The molecule has 528 valence electrons. The second-order valence-electron chi connectivity index (χ2n) is 31.2. The molecule has 103 heavy (non-hydrogen) atoms. The van der Waals surface area contributed by atoms with Crippen LogP contribution in [0.3, 0.4) is 0 Å². The van der Waals surface area contributed by atoms with Gasteiger partial charge in [-0.25, -0.2) is 32.5 Å². The van der Waals surface area contributed by atoms with Crippen molar-refractivity contribution in [1.29, 1.82) is 0 Å². The van der Waals surface area contributed by atoms with Crippen molar-refractivity contribution in [3.63, 3.8) is 0 Å². The van der Waals surface area contributed by atoms with Gasteiger partial charge in [-0.2, -0.15) is 0 Å². The summed E-state index contributed by atoms with van der Waals surface area (Å²) in [5.41, 5.74) is 12.5. The number of aromatic amines is 3. The number of rotatable bonds is 14. The molecule has 6 aromatic heterocycles. The Morgan fingerprint density at radius 2 is 0.942 bits per heavy atom. The van der Waals surface area contributed by atoms with Gasteiger partial charge in [-0.3, -0.25) is 24.5 Å². The van der Waals surface area contributed by atoms with E-state index in [1.165, 1.54) is 73.9 Å². The Labute approximate surface area is 599 Å². The van der Waals surface area contributed by atoms with Crippen LogP contribution in [0.15, 0.2) is 140 Å². The summed E-state index contributed by atoms with van der Waals surface area (Å²) in [6.07, 6.45) is 23.0. The molecule has 12 aromatic rings. The molecule has 12 atom stereocenters. The Morgan fingerprint density at radius 1 is 0.476 bits per heavy atom. The SMILES string of the molecule is C[C@H](Cc1nc2ccc(C(=O)NC3CC(O)C3)cc2[nH]1)C1CC2CC1CC2c1ccnc2ccc(F)cc12.C[C@H](Cc1nc2ccc(C(=O)NC3CCC3)cc2[nH]1)C1CC2CC1CC2c1ccnc2ccc(F)cc12.Fc1ccc2nccc(C3CCCC(c4nc5cc(Cl)c(F)cc5[nH]4)C3)c2c1. The zero-order valence-electron chi connectivity index (χ0n) is 57.8. The lowest BCUT2D eigenvalue weighted by atomic mass is 9.73. The number of carbonyl (C=O) groups excluding carboxylic acids is 2. The van der Waals surface area contributed by atoms with E-state index in [1.54, 1.807) is 48.7 Å². The third-order valence-electron chi connectivity index (χ3n) is 24.8. The van der Waals surface area contributed by atoms with E-state index >= 15 is 0 Å². The monoisotopic (exact) mass is 1410 g/mol. The summed E-state index contributed by atoms with van der Waals surface area (Å²) in [5, 5.41) is 18.5. The molecule has 19 rings (SSSR count). The second-order valence-corrected chi connectivity index (χ2v) is 31.6. The van der Waals surface area contributed by atoms with E-state index in [1.807, 2.05) is 54.9 Å². The van der Waals surface area contributed by atoms with Crippen LogP contribution in [0.5, 0.6) is 0 Å². The Bertz CT molecular complexity index is 5180. The number of nitrogens with one attached hydrogen (secondary N) is 5. The highest BCUT2D eigenvalue weighted by atomic mass is 35.5. The third-order valence-corrected chi connectivity index (χ3v) is 25.1. The van der Waals surface area contributed by atoms with Crippen molar-refractivity contribution in [3.05, 3.63) is 213 Å². The number of H-pyrrole nitrogens is 3. The van der Waals surface area contributed by atoms with Crippen LogP contribution in [-0.2, 0) is 12.8 Å². The summed E-state index contributed by atoms with van der Waals surface area (Å²) in [4.78, 5) is 63.0. The summed E-state index contributed by atoms with van der Waals surface area (Å²) >= 11 is 5.89. The Balaban J connectivity index is 0.000000116. The van der Waals surface area contributed by atoms with Crippen LogP contribution in [0.2, 0.25) is 5.02 Å². The first-order valence-electron chi connectivity index (χ1n) is 37.3. The number of hydrogen-bond acceptors (Lipinski definition) is 9. The molecule has 7 fully saturated rings. The first-order chi connectivity index (χ1) is 50.0. The first kappa shape index (κ1) is 67.1. The van der Waals surface area contributed by atoms with Gasteiger partial charge in [-0.05, 0) is 287 Å². The van der Waals surface area contributed by atoms with Crippen LogP contribution >= 0.6 is 11.6 Å². The largest absolute Gasteiger partial charge is 0.393 e. The number of aliphatic hydroxyl groups excluding tert-OH is 1. The van der Waals surface area contributed by atoms with Gasteiger partial charge in [0.2, 0.25) is 0 Å². The number of imidazole rings is 3. The van der Waals surface area contributed by atoms with Gasteiger partial charge in [-0.1, -0.05) is 31.9 Å². The van der Waals surface area contributed by atoms with Crippen LogP contribution in [-0.4, -0.2) is 80.0 Å². The van der Waals surface area contributed by atoms with Crippen LogP contribution in [0.1, 0.15) is 189 Å². The molecule has 0 spiro atoms.